The zero-order valence-corrected chi connectivity index (χ0v) is 22.4. The number of carboxylic acids is 1. The van der Waals surface area contributed by atoms with Crippen molar-refractivity contribution < 1.29 is 29.1 Å². The number of amides is 1. The Bertz CT molecular complexity index is 1580. The number of hydrogen-bond donors (Lipinski definition) is 2. The molecule has 1 atom stereocenters. The predicted molar refractivity (Wildman–Crippen MR) is 156 cm³/mol. The van der Waals surface area contributed by atoms with E-state index in [0.29, 0.717) is 11.3 Å². The summed E-state index contributed by atoms with van der Waals surface area (Å²) in [7, 11) is 3.15. The Morgan fingerprint density at radius 1 is 0.902 bits per heavy atom. The zero-order chi connectivity index (χ0) is 29.4. The number of rotatable bonds is 7. The monoisotopic (exact) mass is 552 g/mol. The summed E-state index contributed by atoms with van der Waals surface area (Å²) in [5.74, 6) is 0.174. The third kappa shape index (κ3) is 6.96. The summed E-state index contributed by atoms with van der Waals surface area (Å²) in [6, 6.07) is 28.1. The number of nitrogens with one attached hydrogen (secondary N) is 1. The standard InChI is InChI=1S/C16H13NO5.C16H15NO2/c1-22-13-8-6-11(7-9-13)14(16(18)19)10-12-4-2-3-5-15(12)17(20)21;1-19-13-8-6-11(7-9-13)14-10-12-4-2-3-5-15(12)17-16(14)18/h2-10H,1H3,(H,18,19);2-9,14H,10H2,1H3,(H,17,18)/b14-10+;. The average molecular weight is 553 g/mol. The predicted octanol–water partition coefficient (Wildman–Crippen LogP) is 6.20. The molecule has 0 bridgehead atoms. The maximum Gasteiger partial charge on any atom is 0.336 e. The van der Waals surface area contributed by atoms with Crippen LogP contribution in [-0.2, 0) is 16.0 Å². The van der Waals surface area contributed by atoms with Crippen molar-refractivity contribution in [2.45, 2.75) is 12.3 Å². The minimum absolute atomic E-state index is 0.0306. The van der Waals surface area contributed by atoms with Crippen LogP contribution >= 0.6 is 0 Å². The molecule has 1 unspecified atom stereocenters. The molecule has 4 aromatic rings. The molecule has 1 aliphatic heterocycles. The van der Waals surface area contributed by atoms with Gasteiger partial charge in [0, 0.05) is 11.8 Å². The van der Waals surface area contributed by atoms with E-state index in [0.717, 1.165) is 23.4 Å². The highest BCUT2D eigenvalue weighted by Gasteiger charge is 2.27. The lowest BCUT2D eigenvalue weighted by Crippen LogP contribution is -2.28. The molecule has 41 heavy (non-hydrogen) atoms. The molecule has 9 nitrogen and oxygen atoms in total. The molecule has 0 saturated heterocycles. The molecule has 0 aliphatic carbocycles. The third-order valence-corrected chi connectivity index (χ3v) is 6.60. The number of carbonyl (C=O) groups is 2. The van der Waals surface area contributed by atoms with Crippen LogP contribution in [0.25, 0.3) is 11.6 Å². The van der Waals surface area contributed by atoms with E-state index in [2.05, 4.69) is 11.4 Å². The van der Waals surface area contributed by atoms with Crippen LogP contribution in [0.2, 0.25) is 0 Å². The summed E-state index contributed by atoms with van der Waals surface area (Å²) in [4.78, 5) is 34.1. The molecule has 0 fully saturated rings. The quantitative estimate of drug-likeness (QED) is 0.121. The van der Waals surface area contributed by atoms with Crippen molar-refractivity contribution in [3.8, 4) is 11.5 Å². The van der Waals surface area contributed by atoms with Crippen molar-refractivity contribution in [1.29, 1.82) is 0 Å². The van der Waals surface area contributed by atoms with E-state index in [1.165, 1.54) is 36.9 Å². The highest BCUT2D eigenvalue weighted by atomic mass is 16.6. The van der Waals surface area contributed by atoms with Gasteiger partial charge in [0.15, 0.2) is 0 Å². The number of aliphatic carboxylic acids is 1. The molecular formula is C32H28N2O7. The van der Waals surface area contributed by atoms with Gasteiger partial charge in [0.05, 0.1) is 36.2 Å². The molecular weight excluding hydrogens is 524 g/mol. The first kappa shape index (κ1) is 28.6. The molecule has 1 aliphatic rings. The number of carboxylic acid groups (broad SMARTS) is 1. The molecule has 5 rings (SSSR count). The summed E-state index contributed by atoms with van der Waals surface area (Å²) >= 11 is 0. The number of ether oxygens (including phenoxy) is 2. The van der Waals surface area contributed by atoms with Crippen LogP contribution in [0, 0.1) is 10.1 Å². The molecule has 0 aromatic heterocycles. The second-order valence-electron chi connectivity index (χ2n) is 9.08. The van der Waals surface area contributed by atoms with E-state index in [-0.39, 0.29) is 28.6 Å². The summed E-state index contributed by atoms with van der Waals surface area (Å²) in [5.41, 5.74) is 3.63. The van der Waals surface area contributed by atoms with Crippen molar-refractivity contribution >= 4 is 34.9 Å². The fourth-order valence-corrected chi connectivity index (χ4v) is 4.43. The molecule has 1 amide bonds. The van der Waals surface area contributed by atoms with Gasteiger partial charge in [0.1, 0.15) is 11.5 Å². The van der Waals surface area contributed by atoms with Gasteiger partial charge in [-0.15, -0.1) is 0 Å². The van der Waals surface area contributed by atoms with Crippen molar-refractivity contribution in [2.24, 2.45) is 0 Å². The van der Waals surface area contributed by atoms with Gasteiger partial charge in [-0.05, 0) is 65.6 Å². The van der Waals surface area contributed by atoms with Crippen LogP contribution in [0.3, 0.4) is 0 Å². The number of nitrogens with zero attached hydrogens (tertiary/aromatic N) is 1. The van der Waals surface area contributed by atoms with Gasteiger partial charge in [-0.25, -0.2) is 4.79 Å². The maximum atomic E-state index is 12.2. The molecule has 9 heteroatoms. The second-order valence-corrected chi connectivity index (χ2v) is 9.08. The van der Waals surface area contributed by atoms with Gasteiger partial charge in [-0.1, -0.05) is 54.6 Å². The number of anilines is 1. The number of hydrogen-bond acceptors (Lipinski definition) is 6. The number of fused-ring (bicyclic) bond motifs is 1. The highest BCUT2D eigenvalue weighted by molar-refractivity contribution is 6.21. The number of nitro benzene ring substituents is 1. The molecule has 2 N–H and O–H groups in total. The smallest absolute Gasteiger partial charge is 0.336 e. The van der Waals surface area contributed by atoms with Gasteiger partial charge in [0.25, 0.3) is 5.69 Å². The van der Waals surface area contributed by atoms with Gasteiger partial charge < -0.3 is 19.9 Å². The highest BCUT2D eigenvalue weighted by Crippen LogP contribution is 2.32. The molecule has 208 valence electrons. The largest absolute Gasteiger partial charge is 0.497 e. The van der Waals surface area contributed by atoms with Crippen molar-refractivity contribution in [3.05, 3.63) is 129 Å². The Balaban J connectivity index is 0.000000191. The molecule has 0 radical (unpaired) electrons. The van der Waals surface area contributed by atoms with Crippen LogP contribution in [0.1, 0.15) is 28.2 Å². The molecule has 0 saturated carbocycles. The van der Waals surface area contributed by atoms with Gasteiger partial charge in [0.2, 0.25) is 5.91 Å². The summed E-state index contributed by atoms with van der Waals surface area (Å²) < 4.78 is 10.2. The number of benzene rings is 4. The summed E-state index contributed by atoms with van der Waals surface area (Å²) in [6.45, 7) is 0. The number of para-hydroxylation sites is 2. The van der Waals surface area contributed by atoms with Crippen LogP contribution in [0.4, 0.5) is 11.4 Å². The van der Waals surface area contributed by atoms with E-state index >= 15 is 0 Å². The fraction of sp³-hybridized carbons (Fsp3) is 0.125. The summed E-state index contributed by atoms with van der Waals surface area (Å²) in [6.07, 6.45) is 2.04. The summed E-state index contributed by atoms with van der Waals surface area (Å²) in [5, 5.41) is 23.3. The average Bonchev–Trinajstić information content (AvgIpc) is 3.00. The van der Waals surface area contributed by atoms with Gasteiger partial charge in [-0.3, -0.25) is 14.9 Å². The second kappa shape index (κ2) is 13.1. The van der Waals surface area contributed by atoms with E-state index in [9.17, 15) is 24.8 Å². The van der Waals surface area contributed by atoms with Gasteiger partial charge in [-0.2, -0.15) is 0 Å². The Labute approximate surface area is 236 Å². The minimum Gasteiger partial charge on any atom is -0.497 e. The van der Waals surface area contributed by atoms with Crippen LogP contribution in [0.5, 0.6) is 11.5 Å². The Morgan fingerprint density at radius 3 is 2.10 bits per heavy atom. The fourth-order valence-electron chi connectivity index (χ4n) is 4.43. The number of methoxy groups -OCH3 is 2. The van der Waals surface area contributed by atoms with Gasteiger partial charge >= 0.3 is 5.97 Å². The lowest BCUT2D eigenvalue weighted by atomic mass is 9.87. The third-order valence-electron chi connectivity index (χ3n) is 6.60. The zero-order valence-electron chi connectivity index (χ0n) is 22.4. The molecule has 1 heterocycles. The van der Waals surface area contributed by atoms with Crippen molar-refractivity contribution in [2.75, 3.05) is 19.5 Å². The van der Waals surface area contributed by atoms with E-state index < -0.39 is 10.9 Å². The van der Waals surface area contributed by atoms with Crippen LogP contribution in [0.15, 0.2) is 97.1 Å². The van der Waals surface area contributed by atoms with E-state index in [4.69, 9.17) is 9.47 Å². The number of carbonyl (C=O) groups excluding carboxylic acids is 1. The first-order valence-corrected chi connectivity index (χ1v) is 12.7. The Kier molecular flexibility index (Phi) is 9.11. The van der Waals surface area contributed by atoms with Crippen molar-refractivity contribution in [1.82, 2.24) is 0 Å². The molecule has 4 aromatic carbocycles. The SMILES string of the molecule is COc1ccc(/C(=C\c2ccccc2[N+](=O)[O-])C(=O)O)cc1.COc1ccc(C2Cc3ccccc3NC2=O)cc1. The minimum atomic E-state index is -1.16. The van der Waals surface area contributed by atoms with Crippen LogP contribution in [-0.4, -0.2) is 36.1 Å². The van der Waals surface area contributed by atoms with Crippen molar-refractivity contribution in [3.63, 3.8) is 0 Å². The topological polar surface area (TPSA) is 128 Å². The maximum absolute atomic E-state index is 12.2. The first-order valence-electron chi connectivity index (χ1n) is 12.7. The molecule has 0 spiro atoms. The normalized spacial score (nSPS) is 14.0. The van der Waals surface area contributed by atoms with E-state index in [1.54, 1.807) is 37.4 Å². The number of nitro groups is 1. The lowest BCUT2D eigenvalue weighted by Gasteiger charge is -2.24. The van der Waals surface area contributed by atoms with E-state index in [1.807, 2.05) is 42.5 Å². The van der Waals surface area contributed by atoms with Crippen LogP contribution < -0.4 is 14.8 Å². The Hall–Kier alpha value is -5.44. The lowest BCUT2D eigenvalue weighted by molar-refractivity contribution is -0.385. The first-order chi connectivity index (χ1) is 19.8. The Morgan fingerprint density at radius 2 is 1.49 bits per heavy atom.